The Kier molecular flexibility index (Phi) is 5.51. The van der Waals surface area contributed by atoms with Crippen LogP contribution in [-0.4, -0.2) is 23.7 Å². The number of nitrogens with one attached hydrogen (secondary N) is 2. The Bertz CT molecular complexity index is 658. The molecule has 116 valence electrons. The van der Waals surface area contributed by atoms with Crippen LogP contribution in [0, 0.1) is 5.92 Å². The molecule has 6 nitrogen and oxygen atoms in total. The Morgan fingerprint density at radius 2 is 2.27 bits per heavy atom. The molecule has 0 bridgehead atoms. The smallest absolute Gasteiger partial charge is 0.248 e. The molecule has 1 unspecified atom stereocenters. The molecule has 1 aliphatic heterocycles. The van der Waals surface area contributed by atoms with Gasteiger partial charge in [-0.2, -0.15) is 10.2 Å². The molecule has 0 aliphatic carbocycles. The lowest BCUT2D eigenvalue weighted by Gasteiger charge is -2.06. The topological polar surface area (TPSA) is 82.9 Å². The normalized spacial score (nSPS) is 17.5. The number of amides is 2. The summed E-state index contributed by atoms with van der Waals surface area (Å²) >= 11 is 11.9. The van der Waals surface area contributed by atoms with Crippen LogP contribution < -0.4 is 10.9 Å². The van der Waals surface area contributed by atoms with Gasteiger partial charge in [-0.1, -0.05) is 35.3 Å². The highest BCUT2D eigenvalue weighted by molar-refractivity contribution is 6.43. The zero-order valence-electron chi connectivity index (χ0n) is 11.8. The molecule has 0 saturated heterocycles. The minimum atomic E-state index is -0.350. The van der Waals surface area contributed by atoms with Crippen molar-refractivity contribution >= 4 is 46.9 Å². The monoisotopic (exact) mass is 340 g/mol. The fourth-order valence-corrected chi connectivity index (χ4v) is 2.31. The first-order chi connectivity index (χ1) is 10.5. The van der Waals surface area contributed by atoms with Gasteiger partial charge in [-0.25, -0.2) is 10.9 Å². The lowest BCUT2D eigenvalue weighted by Crippen LogP contribution is -2.25. The van der Waals surface area contributed by atoms with E-state index in [2.05, 4.69) is 21.1 Å². The number of carbonyl (C=O) groups is 2. The Labute approximate surface area is 137 Å². The van der Waals surface area contributed by atoms with Gasteiger partial charge in [0.2, 0.25) is 11.8 Å². The van der Waals surface area contributed by atoms with E-state index < -0.39 is 0 Å². The van der Waals surface area contributed by atoms with Crippen molar-refractivity contribution in [3.05, 3.63) is 33.8 Å². The van der Waals surface area contributed by atoms with Gasteiger partial charge >= 0.3 is 0 Å². The van der Waals surface area contributed by atoms with Crippen LogP contribution in [0.25, 0.3) is 0 Å². The molecule has 1 atom stereocenters. The molecule has 2 amide bonds. The predicted molar refractivity (Wildman–Crippen MR) is 86.2 cm³/mol. The van der Waals surface area contributed by atoms with Gasteiger partial charge in [-0.15, -0.1) is 0 Å². The van der Waals surface area contributed by atoms with Gasteiger partial charge in [0, 0.05) is 17.7 Å². The zero-order chi connectivity index (χ0) is 16.1. The van der Waals surface area contributed by atoms with E-state index in [-0.39, 0.29) is 24.2 Å². The van der Waals surface area contributed by atoms with Gasteiger partial charge in [0.15, 0.2) is 0 Å². The van der Waals surface area contributed by atoms with Crippen molar-refractivity contribution < 1.29 is 9.59 Å². The Morgan fingerprint density at radius 1 is 1.50 bits per heavy atom. The average Bonchev–Trinajstić information content (AvgIpc) is 2.80. The summed E-state index contributed by atoms with van der Waals surface area (Å²) in [7, 11) is 0. The molecule has 0 saturated carbocycles. The Morgan fingerprint density at radius 3 is 2.95 bits per heavy atom. The summed E-state index contributed by atoms with van der Waals surface area (Å²) in [5, 5.41) is 8.44. The highest BCUT2D eigenvalue weighted by atomic mass is 35.5. The summed E-state index contributed by atoms with van der Waals surface area (Å²) in [5.74, 6) is -0.821. The number of hydrazone groups is 2. The van der Waals surface area contributed by atoms with Crippen LogP contribution in [0.4, 0.5) is 0 Å². The average molecular weight is 341 g/mol. The summed E-state index contributed by atoms with van der Waals surface area (Å²) < 4.78 is 0. The molecule has 0 aromatic heterocycles. The molecule has 22 heavy (non-hydrogen) atoms. The molecule has 1 aromatic rings. The van der Waals surface area contributed by atoms with Crippen molar-refractivity contribution in [2.45, 2.75) is 19.8 Å². The lowest BCUT2D eigenvalue weighted by atomic mass is 9.99. The number of carbonyl (C=O) groups excluding carboxylic acids is 2. The van der Waals surface area contributed by atoms with Gasteiger partial charge in [0.25, 0.3) is 0 Å². The van der Waals surface area contributed by atoms with E-state index in [0.717, 1.165) is 0 Å². The van der Waals surface area contributed by atoms with Crippen molar-refractivity contribution in [3.63, 3.8) is 0 Å². The highest BCUT2D eigenvalue weighted by Crippen LogP contribution is 2.24. The zero-order valence-corrected chi connectivity index (χ0v) is 13.3. The van der Waals surface area contributed by atoms with Gasteiger partial charge < -0.3 is 0 Å². The number of rotatable bonds is 5. The summed E-state index contributed by atoms with van der Waals surface area (Å²) in [6, 6.07) is 5.13. The van der Waals surface area contributed by atoms with Crippen LogP contribution in [0.2, 0.25) is 10.0 Å². The molecule has 2 N–H and O–H groups in total. The van der Waals surface area contributed by atoms with Gasteiger partial charge in [0.05, 0.1) is 22.2 Å². The maximum atomic E-state index is 11.7. The molecule has 0 radical (unpaired) electrons. The van der Waals surface area contributed by atoms with E-state index in [0.29, 0.717) is 27.7 Å². The highest BCUT2D eigenvalue weighted by Gasteiger charge is 2.26. The molecule has 1 aliphatic rings. The third-order valence-electron chi connectivity index (χ3n) is 3.20. The minimum absolute atomic E-state index is 0.172. The largest absolute Gasteiger partial charge is 0.273 e. The minimum Gasteiger partial charge on any atom is -0.273 e. The first kappa shape index (κ1) is 16.5. The van der Waals surface area contributed by atoms with Crippen molar-refractivity contribution in [1.29, 1.82) is 0 Å². The van der Waals surface area contributed by atoms with Crippen LogP contribution >= 0.6 is 23.2 Å². The molecular weight excluding hydrogens is 327 g/mol. The molecule has 1 heterocycles. The van der Waals surface area contributed by atoms with E-state index in [9.17, 15) is 9.59 Å². The second-order valence-electron chi connectivity index (χ2n) is 4.76. The van der Waals surface area contributed by atoms with Crippen LogP contribution in [0.1, 0.15) is 25.3 Å². The van der Waals surface area contributed by atoms with Crippen LogP contribution in [0.15, 0.2) is 28.4 Å². The fraction of sp³-hybridized carbons (Fsp3) is 0.286. The van der Waals surface area contributed by atoms with E-state index >= 15 is 0 Å². The van der Waals surface area contributed by atoms with E-state index in [1.807, 2.05) is 0 Å². The van der Waals surface area contributed by atoms with E-state index in [1.165, 1.54) is 6.21 Å². The predicted octanol–water partition coefficient (Wildman–Crippen LogP) is 2.35. The maximum absolute atomic E-state index is 11.7. The summed E-state index contributed by atoms with van der Waals surface area (Å²) in [4.78, 5) is 23.2. The molecule has 2 rings (SSSR count). The molecule has 1 aromatic carbocycles. The number of halogens is 2. The van der Waals surface area contributed by atoms with Crippen LogP contribution in [-0.2, 0) is 9.59 Å². The number of benzene rings is 1. The second-order valence-corrected chi connectivity index (χ2v) is 5.54. The van der Waals surface area contributed by atoms with Crippen molar-refractivity contribution in [2.24, 2.45) is 16.1 Å². The summed E-state index contributed by atoms with van der Waals surface area (Å²) in [6.45, 7) is 1.75. The van der Waals surface area contributed by atoms with Crippen molar-refractivity contribution in [3.8, 4) is 0 Å². The standard InChI is InChI=1S/C14H14Cl2N4O2/c1-8-10(14(22)20-18-8)5-6-12(21)19-17-7-9-3-2-4-11(15)13(9)16/h2-4,7,10H,5-6H2,1H3,(H,19,21)(H,20,22)/b17-7+. The summed E-state index contributed by atoms with van der Waals surface area (Å²) in [5.41, 5.74) is 6.06. The molecule has 8 heteroatoms. The number of hydrogen-bond donors (Lipinski definition) is 2. The quantitative estimate of drug-likeness (QED) is 0.637. The molecule has 0 spiro atoms. The van der Waals surface area contributed by atoms with Crippen molar-refractivity contribution in [2.75, 3.05) is 0 Å². The van der Waals surface area contributed by atoms with Gasteiger partial charge in [-0.05, 0) is 19.4 Å². The van der Waals surface area contributed by atoms with Crippen LogP contribution in [0.5, 0.6) is 0 Å². The van der Waals surface area contributed by atoms with Crippen molar-refractivity contribution in [1.82, 2.24) is 10.9 Å². The fourth-order valence-electron chi connectivity index (χ4n) is 1.95. The summed E-state index contributed by atoms with van der Waals surface area (Å²) in [6.07, 6.45) is 1.98. The van der Waals surface area contributed by atoms with E-state index in [4.69, 9.17) is 23.2 Å². The maximum Gasteiger partial charge on any atom is 0.248 e. The van der Waals surface area contributed by atoms with Gasteiger partial charge in [-0.3, -0.25) is 9.59 Å². The first-order valence-corrected chi connectivity index (χ1v) is 7.34. The SMILES string of the molecule is CC1=NNC(=O)C1CCC(=O)N/N=C/c1cccc(Cl)c1Cl. The third kappa shape index (κ3) is 4.05. The number of nitrogens with zero attached hydrogens (tertiary/aromatic N) is 2. The second kappa shape index (κ2) is 7.38. The number of hydrogen-bond acceptors (Lipinski definition) is 4. The van der Waals surface area contributed by atoms with Crippen LogP contribution in [0.3, 0.4) is 0 Å². The molecule has 0 fully saturated rings. The molecular formula is C14H14Cl2N4O2. The van der Waals surface area contributed by atoms with E-state index in [1.54, 1.807) is 25.1 Å². The first-order valence-electron chi connectivity index (χ1n) is 6.59. The third-order valence-corrected chi connectivity index (χ3v) is 4.03. The Balaban J connectivity index is 1.83. The van der Waals surface area contributed by atoms with Gasteiger partial charge in [0.1, 0.15) is 0 Å². The Hall–Kier alpha value is -1.92. The lowest BCUT2D eigenvalue weighted by molar-refractivity contribution is -0.123.